The fourth-order valence-electron chi connectivity index (χ4n) is 2.34. The second kappa shape index (κ2) is 8.34. The largest absolute Gasteiger partial charge is 0.273 e. The normalized spacial score (nSPS) is 11.6. The molecule has 0 fully saturated rings. The average molecular weight is 331 g/mol. The van der Waals surface area contributed by atoms with Gasteiger partial charge in [0, 0.05) is 0 Å². The first-order valence-corrected chi connectivity index (χ1v) is 7.91. The zero-order valence-electron chi connectivity index (χ0n) is 12.9. The number of carbonyl (C=O) groups is 2. The molecule has 0 aliphatic carbocycles. The van der Waals surface area contributed by atoms with E-state index in [2.05, 4.69) is 10.9 Å². The number of rotatable bonds is 5. The lowest BCUT2D eigenvalue weighted by Crippen LogP contribution is -2.44. The van der Waals surface area contributed by atoms with E-state index in [9.17, 15) is 9.59 Å². The van der Waals surface area contributed by atoms with E-state index in [1.165, 1.54) is 0 Å². The summed E-state index contributed by atoms with van der Waals surface area (Å²) in [4.78, 5) is 24.5. The Morgan fingerprint density at radius 2 is 1.65 bits per heavy atom. The van der Waals surface area contributed by atoms with Gasteiger partial charge in [0.05, 0.1) is 16.5 Å². The van der Waals surface area contributed by atoms with Crippen molar-refractivity contribution in [1.82, 2.24) is 10.9 Å². The van der Waals surface area contributed by atoms with E-state index >= 15 is 0 Å². The number of benzene rings is 2. The van der Waals surface area contributed by atoms with Crippen LogP contribution >= 0.6 is 11.6 Å². The SMILES string of the molecule is CCC[C@@H](C(=O)NNC(=O)c1ccccc1Cl)c1ccccc1. The van der Waals surface area contributed by atoms with Crippen LogP contribution in [-0.2, 0) is 4.79 Å². The topological polar surface area (TPSA) is 58.2 Å². The van der Waals surface area contributed by atoms with Gasteiger partial charge in [-0.25, -0.2) is 0 Å². The van der Waals surface area contributed by atoms with Crippen LogP contribution in [0.3, 0.4) is 0 Å². The Labute approximate surface area is 140 Å². The summed E-state index contributed by atoms with van der Waals surface area (Å²) in [6.45, 7) is 2.02. The minimum atomic E-state index is -0.438. The van der Waals surface area contributed by atoms with Gasteiger partial charge in [0.25, 0.3) is 5.91 Å². The van der Waals surface area contributed by atoms with E-state index in [1.807, 2.05) is 37.3 Å². The molecule has 4 nitrogen and oxygen atoms in total. The van der Waals surface area contributed by atoms with E-state index in [1.54, 1.807) is 24.3 Å². The Morgan fingerprint density at radius 1 is 1.00 bits per heavy atom. The molecule has 0 aliphatic rings. The molecule has 0 saturated heterocycles. The van der Waals surface area contributed by atoms with Gasteiger partial charge in [0.1, 0.15) is 0 Å². The number of hydrazine groups is 1. The molecule has 1 atom stereocenters. The van der Waals surface area contributed by atoms with Crippen molar-refractivity contribution in [2.75, 3.05) is 0 Å². The molecule has 120 valence electrons. The maximum absolute atomic E-state index is 12.4. The third kappa shape index (κ3) is 4.57. The van der Waals surface area contributed by atoms with Crippen molar-refractivity contribution in [3.8, 4) is 0 Å². The molecule has 0 unspecified atom stereocenters. The van der Waals surface area contributed by atoms with Crippen LogP contribution in [0.2, 0.25) is 5.02 Å². The molecule has 0 spiro atoms. The number of amides is 2. The van der Waals surface area contributed by atoms with Gasteiger partial charge in [-0.2, -0.15) is 0 Å². The van der Waals surface area contributed by atoms with E-state index in [-0.39, 0.29) is 11.8 Å². The third-order valence-electron chi connectivity index (χ3n) is 3.51. The lowest BCUT2D eigenvalue weighted by Gasteiger charge is -2.17. The second-order valence-electron chi connectivity index (χ2n) is 5.18. The molecule has 0 heterocycles. The minimum Gasteiger partial charge on any atom is -0.273 e. The maximum atomic E-state index is 12.4. The highest BCUT2D eigenvalue weighted by Crippen LogP contribution is 2.21. The highest BCUT2D eigenvalue weighted by Gasteiger charge is 2.20. The standard InChI is InChI=1S/C18H19ClN2O2/c1-2-8-14(13-9-4-3-5-10-13)17(22)20-21-18(23)15-11-6-7-12-16(15)19/h3-7,9-12,14H,2,8H2,1H3,(H,20,22)(H,21,23)/t14-/m1/s1. The van der Waals surface area contributed by atoms with Crippen molar-refractivity contribution < 1.29 is 9.59 Å². The molecule has 0 radical (unpaired) electrons. The van der Waals surface area contributed by atoms with Crippen molar-refractivity contribution in [2.24, 2.45) is 0 Å². The Balaban J connectivity index is 2.02. The highest BCUT2D eigenvalue weighted by atomic mass is 35.5. The van der Waals surface area contributed by atoms with Crippen molar-refractivity contribution >= 4 is 23.4 Å². The lowest BCUT2D eigenvalue weighted by atomic mass is 9.94. The molecule has 2 aromatic rings. The van der Waals surface area contributed by atoms with Crippen molar-refractivity contribution in [3.05, 3.63) is 70.7 Å². The second-order valence-corrected chi connectivity index (χ2v) is 5.58. The van der Waals surface area contributed by atoms with E-state index in [4.69, 9.17) is 11.6 Å². The van der Waals surface area contributed by atoms with Crippen molar-refractivity contribution in [2.45, 2.75) is 25.7 Å². The Bertz CT molecular complexity index is 674. The summed E-state index contributed by atoms with van der Waals surface area (Å²) < 4.78 is 0. The first-order valence-electron chi connectivity index (χ1n) is 7.53. The average Bonchev–Trinajstić information content (AvgIpc) is 2.58. The summed E-state index contributed by atoms with van der Waals surface area (Å²) in [5, 5.41) is 0.340. The minimum absolute atomic E-state index is 0.238. The van der Waals surface area contributed by atoms with Crippen molar-refractivity contribution in [3.63, 3.8) is 0 Å². The van der Waals surface area contributed by atoms with Crippen LogP contribution in [0.15, 0.2) is 54.6 Å². The fraction of sp³-hybridized carbons (Fsp3) is 0.222. The quantitative estimate of drug-likeness (QED) is 0.821. The monoisotopic (exact) mass is 330 g/mol. The molecule has 5 heteroatoms. The molecule has 2 amide bonds. The summed E-state index contributed by atoms with van der Waals surface area (Å²) in [5.74, 6) is -0.974. The predicted molar refractivity (Wildman–Crippen MR) is 91.2 cm³/mol. The lowest BCUT2D eigenvalue weighted by molar-refractivity contribution is -0.123. The Hall–Kier alpha value is -2.33. The number of carbonyl (C=O) groups excluding carboxylic acids is 2. The molecule has 0 saturated carbocycles. The zero-order chi connectivity index (χ0) is 16.7. The summed E-state index contributed by atoms with van der Waals surface area (Å²) >= 11 is 5.97. The van der Waals surface area contributed by atoms with Gasteiger partial charge < -0.3 is 0 Å². The van der Waals surface area contributed by atoms with Gasteiger partial charge in [-0.3, -0.25) is 20.4 Å². The van der Waals surface area contributed by atoms with Crippen LogP contribution in [0.4, 0.5) is 0 Å². The Morgan fingerprint density at radius 3 is 2.30 bits per heavy atom. The number of hydrogen-bond acceptors (Lipinski definition) is 2. The number of hydrogen-bond donors (Lipinski definition) is 2. The smallest absolute Gasteiger partial charge is 0.271 e. The maximum Gasteiger partial charge on any atom is 0.271 e. The van der Waals surface area contributed by atoms with Gasteiger partial charge in [-0.15, -0.1) is 0 Å². The summed E-state index contributed by atoms with van der Waals surface area (Å²) in [7, 11) is 0. The molecule has 2 rings (SSSR count). The van der Waals surface area contributed by atoms with Crippen LogP contribution in [0.25, 0.3) is 0 Å². The molecule has 2 aromatic carbocycles. The van der Waals surface area contributed by atoms with Crippen LogP contribution in [0.1, 0.15) is 41.6 Å². The van der Waals surface area contributed by atoms with Gasteiger partial charge >= 0.3 is 0 Å². The van der Waals surface area contributed by atoms with Crippen LogP contribution in [0.5, 0.6) is 0 Å². The molecule has 23 heavy (non-hydrogen) atoms. The van der Waals surface area contributed by atoms with Crippen LogP contribution in [-0.4, -0.2) is 11.8 Å². The summed E-state index contributed by atoms with van der Waals surface area (Å²) in [6, 6.07) is 16.2. The predicted octanol–water partition coefficient (Wildman–Crippen LogP) is 3.68. The first kappa shape index (κ1) is 17.0. The fourth-order valence-corrected chi connectivity index (χ4v) is 2.56. The molecule has 2 N–H and O–H groups in total. The molecule has 0 aliphatic heterocycles. The van der Waals surface area contributed by atoms with E-state index in [0.717, 1.165) is 12.0 Å². The molecular formula is C18H19ClN2O2. The van der Waals surface area contributed by atoms with Crippen molar-refractivity contribution in [1.29, 1.82) is 0 Å². The summed E-state index contributed by atoms with van der Waals surface area (Å²) in [6.07, 6.45) is 1.57. The van der Waals surface area contributed by atoms with Gasteiger partial charge in [0.15, 0.2) is 0 Å². The van der Waals surface area contributed by atoms with Crippen LogP contribution < -0.4 is 10.9 Å². The van der Waals surface area contributed by atoms with E-state index < -0.39 is 5.91 Å². The number of halogens is 1. The Kier molecular flexibility index (Phi) is 6.18. The molecule has 0 bridgehead atoms. The number of nitrogens with one attached hydrogen (secondary N) is 2. The highest BCUT2D eigenvalue weighted by molar-refractivity contribution is 6.33. The van der Waals surface area contributed by atoms with Gasteiger partial charge in [-0.1, -0.05) is 67.4 Å². The zero-order valence-corrected chi connectivity index (χ0v) is 13.6. The van der Waals surface area contributed by atoms with Crippen LogP contribution in [0, 0.1) is 0 Å². The summed E-state index contributed by atoms with van der Waals surface area (Å²) in [5.41, 5.74) is 6.17. The third-order valence-corrected chi connectivity index (χ3v) is 3.84. The van der Waals surface area contributed by atoms with E-state index in [0.29, 0.717) is 17.0 Å². The molecular weight excluding hydrogens is 312 g/mol. The van der Waals surface area contributed by atoms with Gasteiger partial charge in [0.2, 0.25) is 5.91 Å². The molecule has 0 aromatic heterocycles. The first-order chi connectivity index (χ1) is 11.1. The van der Waals surface area contributed by atoms with Gasteiger partial charge in [-0.05, 0) is 24.1 Å².